The van der Waals surface area contributed by atoms with Crippen molar-refractivity contribution in [1.82, 2.24) is 14.5 Å². The van der Waals surface area contributed by atoms with Crippen LogP contribution in [0.3, 0.4) is 0 Å². The van der Waals surface area contributed by atoms with Crippen LogP contribution in [-0.4, -0.2) is 53.1 Å². The van der Waals surface area contributed by atoms with E-state index in [1.165, 1.54) is 7.11 Å². The number of methoxy groups -OCH3 is 1. The Balaban J connectivity index is 1.37. The molecular formula is C23H23ClN4O4. The van der Waals surface area contributed by atoms with Gasteiger partial charge in [0.25, 0.3) is 5.56 Å². The van der Waals surface area contributed by atoms with E-state index in [0.29, 0.717) is 40.6 Å². The average molecular weight is 455 g/mol. The molecule has 0 saturated carbocycles. The zero-order valence-corrected chi connectivity index (χ0v) is 18.3. The number of benzene rings is 1. The Bertz CT molecular complexity index is 1280. The molecule has 1 amide bonds. The molecule has 2 atom stereocenters. The van der Waals surface area contributed by atoms with Crippen molar-refractivity contribution in [2.45, 2.75) is 18.9 Å². The van der Waals surface area contributed by atoms with E-state index in [0.717, 1.165) is 18.7 Å². The lowest BCUT2D eigenvalue weighted by Crippen LogP contribution is -2.49. The molecule has 0 radical (unpaired) electrons. The number of anilines is 1. The minimum atomic E-state index is -0.581. The number of carbonyl (C=O) groups excluding carboxylic acids is 2. The van der Waals surface area contributed by atoms with Gasteiger partial charge >= 0.3 is 5.97 Å². The number of amides is 1. The van der Waals surface area contributed by atoms with Crippen LogP contribution >= 0.6 is 11.6 Å². The standard InChI is InChI=1S/C23H23ClN4O4/c1-32-23(31)22-21(20-15(24)4-2-5-16(20)25-22)26-18(29)12-27-9-13-8-14(11-27)17-6-3-7-19(30)28(17)10-13/h2-7,13-14,25H,8-12H2,1H3,(H,26,29). The van der Waals surface area contributed by atoms with Gasteiger partial charge < -0.3 is 19.6 Å². The molecule has 1 aromatic carbocycles. The first-order valence-corrected chi connectivity index (χ1v) is 10.9. The second kappa shape index (κ2) is 8.11. The Hall–Kier alpha value is -3.10. The molecular weight excluding hydrogens is 432 g/mol. The number of hydrogen-bond donors (Lipinski definition) is 2. The van der Waals surface area contributed by atoms with Crippen molar-refractivity contribution < 1.29 is 14.3 Å². The largest absolute Gasteiger partial charge is 0.464 e. The molecule has 2 aromatic heterocycles. The summed E-state index contributed by atoms with van der Waals surface area (Å²) in [7, 11) is 1.29. The van der Waals surface area contributed by atoms with Crippen molar-refractivity contribution >= 4 is 40.1 Å². The van der Waals surface area contributed by atoms with Crippen molar-refractivity contribution in [3.05, 3.63) is 63.2 Å². The van der Waals surface area contributed by atoms with Crippen LogP contribution in [0.2, 0.25) is 5.02 Å². The number of esters is 1. The van der Waals surface area contributed by atoms with Gasteiger partial charge in [-0.2, -0.15) is 0 Å². The van der Waals surface area contributed by atoms with Crippen LogP contribution < -0.4 is 10.9 Å². The molecule has 0 aliphatic carbocycles. The summed E-state index contributed by atoms with van der Waals surface area (Å²) in [5.41, 5.74) is 2.21. The fourth-order valence-corrected chi connectivity index (χ4v) is 5.36. The number of ether oxygens (including phenoxy) is 1. The first-order chi connectivity index (χ1) is 15.4. The number of nitrogens with zero attached hydrogens (tertiary/aromatic N) is 2. The van der Waals surface area contributed by atoms with Crippen LogP contribution in [0.5, 0.6) is 0 Å². The Kier molecular flexibility index (Phi) is 5.27. The number of fused-ring (bicyclic) bond motifs is 5. The molecule has 1 fully saturated rings. The summed E-state index contributed by atoms with van der Waals surface area (Å²) < 4.78 is 6.74. The molecule has 2 bridgehead atoms. The van der Waals surface area contributed by atoms with Gasteiger partial charge in [0.1, 0.15) is 5.69 Å². The molecule has 1 saturated heterocycles. The number of aromatic nitrogens is 2. The zero-order chi connectivity index (χ0) is 22.4. The van der Waals surface area contributed by atoms with Gasteiger partial charge in [0, 0.05) is 48.2 Å². The number of H-pyrrole nitrogens is 1. The smallest absolute Gasteiger partial charge is 0.356 e. The van der Waals surface area contributed by atoms with Crippen LogP contribution in [0.25, 0.3) is 10.9 Å². The molecule has 3 aromatic rings. The number of likely N-dealkylation sites (tertiary alicyclic amines) is 1. The Morgan fingerprint density at radius 2 is 2.00 bits per heavy atom. The number of nitrogens with one attached hydrogen (secondary N) is 2. The van der Waals surface area contributed by atoms with Gasteiger partial charge in [0.2, 0.25) is 5.91 Å². The number of aromatic amines is 1. The number of piperidine rings is 1. The lowest BCUT2D eigenvalue weighted by atomic mass is 9.83. The molecule has 2 aliphatic rings. The summed E-state index contributed by atoms with van der Waals surface area (Å²) in [6.07, 6.45) is 1.02. The van der Waals surface area contributed by atoms with Crippen LogP contribution in [0, 0.1) is 5.92 Å². The van der Waals surface area contributed by atoms with E-state index in [-0.39, 0.29) is 29.6 Å². The summed E-state index contributed by atoms with van der Waals surface area (Å²) in [5.74, 6) is -0.275. The van der Waals surface area contributed by atoms with Crippen LogP contribution in [0.1, 0.15) is 28.5 Å². The van der Waals surface area contributed by atoms with E-state index in [4.69, 9.17) is 16.3 Å². The maximum absolute atomic E-state index is 13.0. The number of hydrogen-bond acceptors (Lipinski definition) is 5. The highest BCUT2D eigenvalue weighted by atomic mass is 35.5. The molecule has 2 aliphatic heterocycles. The Morgan fingerprint density at radius 1 is 1.19 bits per heavy atom. The highest BCUT2D eigenvalue weighted by Gasteiger charge is 2.35. The normalized spacial score (nSPS) is 20.1. The SMILES string of the molecule is COC(=O)c1[nH]c2cccc(Cl)c2c1NC(=O)CN1CC2CC(C1)c1cccc(=O)n1C2. The summed E-state index contributed by atoms with van der Waals surface area (Å²) >= 11 is 6.36. The fourth-order valence-electron chi connectivity index (χ4n) is 5.09. The third kappa shape index (κ3) is 3.59. The Labute approximate surface area is 189 Å². The Morgan fingerprint density at radius 3 is 2.81 bits per heavy atom. The van der Waals surface area contributed by atoms with Gasteiger partial charge in [-0.1, -0.05) is 23.7 Å². The molecule has 166 valence electrons. The number of carbonyl (C=O) groups is 2. The van der Waals surface area contributed by atoms with Gasteiger partial charge in [0.05, 0.1) is 24.4 Å². The van der Waals surface area contributed by atoms with E-state index in [1.54, 1.807) is 30.3 Å². The summed E-state index contributed by atoms with van der Waals surface area (Å²) in [6, 6.07) is 10.7. The lowest BCUT2D eigenvalue weighted by molar-refractivity contribution is -0.117. The van der Waals surface area contributed by atoms with Crippen molar-refractivity contribution in [1.29, 1.82) is 0 Å². The third-order valence-electron chi connectivity index (χ3n) is 6.35. The third-order valence-corrected chi connectivity index (χ3v) is 6.66. The number of rotatable bonds is 4. The van der Waals surface area contributed by atoms with E-state index >= 15 is 0 Å². The summed E-state index contributed by atoms with van der Waals surface area (Å²) in [4.78, 5) is 42.6. The molecule has 2 unspecified atom stereocenters. The van der Waals surface area contributed by atoms with Gasteiger partial charge in [-0.05, 0) is 30.5 Å². The predicted molar refractivity (Wildman–Crippen MR) is 121 cm³/mol. The van der Waals surface area contributed by atoms with Crippen molar-refractivity contribution in [2.75, 3.05) is 32.1 Å². The molecule has 8 nitrogen and oxygen atoms in total. The van der Waals surface area contributed by atoms with E-state index in [1.807, 2.05) is 10.6 Å². The number of halogens is 1. The van der Waals surface area contributed by atoms with Crippen LogP contribution in [-0.2, 0) is 16.1 Å². The van der Waals surface area contributed by atoms with E-state index < -0.39 is 5.97 Å². The van der Waals surface area contributed by atoms with E-state index in [2.05, 4.69) is 15.2 Å². The minimum Gasteiger partial charge on any atom is -0.464 e. The maximum Gasteiger partial charge on any atom is 0.356 e. The van der Waals surface area contributed by atoms with Gasteiger partial charge in [-0.3, -0.25) is 14.5 Å². The molecule has 2 N–H and O–H groups in total. The van der Waals surface area contributed by atoms with Crippen LogP contribution in [0.15, 0.2) is 41.2 Å². The monoisotopic (exact) mass is 454 g/mol. The summed E-state index contributed by atoms with van der Waals surface area (Å²) in [6.45, 7) is 2.30. The molecule has 5 rings (SSSR count). The minimum absolute atomic E-state index is 0.0370. The first kappa shape index (κ1) is 20.8. The topological polar surface area (TPSA) is 96.4 Å². The fraction of sp³-hybridized carbons (Fsp3) is 0.348. The second-order valence-electron chi connectivity index (χ2n) is 8.47. The van der Waals surface area contributed by atoms with Gasteiger partial charge in [-0.25, -0.2) is 4.79 Å². The second-order valence-corrected chi connectivity index (χ2v) is 8.88. The maximum atomic E-state index is 13.0. The van der Waals surface area contributed by atoms with Crippen LogP contribution in [0.4, 0.5) is 5.69 Å². The summed E-state index contributed by atoms with van der Waals surface area (Å²) in [5, 5.41) is 3.88. The zero-order valence-electron chi connectivity index (χ0n) is 17.6. The van der Waals surface area contributed by atoms with Crippen molar-refractivity contribution in [3.8, 4) is 0 Å². The van der Waals surface area contributed by atoms with Crippen molar-refractivity contribution in [3.63, 3.8) is 0 Å². The molecule has 9 heteroatoms. The molecule has 32 heavy (non-hydrogen) atoms. The highest BCUT2D eigenvalue weighted by Crippen LogP contribution is 2.36. The number of pyridine rings is 1. The predicted octanol–water partition coefficient (Wildman–Crippen LogP) is 2.83. The van der Waals surface area contributed by atoms with E-state index in [9.17, 15) is 14.4 Å². The molecule has 0 spiro atoms. The average Bonchev–Trinajstić information content (AvgIpc) is 3.13. The molecule has 4 heterocycles. The van der Waals surface area contributed by atoms with Gasteiger partial charge in [-0.15, -0.1) is 0 Å². The highest BCUT2D eigenvalue weighted by molar-refractivity contribution is 6.37. The van der Waals surface area contributed by atoms with Gasteiger partial charge in [0.15, 0.2) is 0 Å². The van der Waals surface area contributed by atoms with Crippen molar-refractivity contribution in [2.24, 2.45) is 5.92 Å². The first-order valence-electron chi connectivity index (χ1n) is 10.5. The lowest BCUT2D eigenvalue weighted by Gasteiger charge is -2.42. The quantitative estimate of drug-likeness (QED) is 0.591.